The zero-order valence-electron chi connectivity index (χ0n) is 13.4. The first-order chi connectivity index (χ1) is 12.2. The minimum atomic E-state index is -0.695. The molecule has 3 aromatic rings. The van der Waals surface area contributed by atoms with Gasteiger partial charge in [-0.05, 0) is 55.5 Å². The van der Waals surface area contributed by atoms with Gasteiger partial charge in [-0.25, -0.2) is 9.37 Å². The van der Waals surface area contributed by atoms with Crippen LogP contribution >= 0.6 is 0 Å². The van der Waals surface area contributed by atoms with Gasteiger partial charge in [-0.15, -0.1) is 10.2 Å². The van der Waals surface area contributed by atoms with Crippen LogP contribution in [-0.4, -0.2) is 27.7 Å². The van der Waals surface area contributed by atoms with Crippen LogP contribution in [0.5, 0.6) is 5.75 Å². The van der Waals surface area contributed by atoms with Gasteiger partial charge in [0.05, 0.1) is 12.3 Å². The van der Waals surface area contributed by atoms with Crippen molar-refractivity contribution in [3.63, 3.8) is 0 Å². The van der Waals surface area contributed by atoms with E-state index in [1.54, 1.807) is 12.1 Å². The third kappa shape index (κ3) is 3.95. The minimum Gasteiger partial charge on any atom is -0.494 e. The van der Waals surface area contributed by atoms with E-state index in [4.69, 9.17) is 4.74 Å². The largest absolute Gasteiger partial charge is 0.494 e. The molecule has 0 saturated heterocycles. The van der Waals surface area contributed by atoms with Gasteiger partial charge in [0.25, 0.3) is 5.91 Å². The van der Waals surface area contributed by atoms with Crippen molar-refractivity contribution in [2.75, 3.05) is 11.9 Å². The minimum absolute atomic E-state index is 0.213. The second kappa shape index (κ2) is 7.48. The number of carbonyl (C=O) groups excluding carboxylic acids is 1. The summed E-state index contributed by atoms with van der Waals surface area (Å²) in [6.45, 7) is 2.52. The molecule has 1 N–H and O–H groups in total. The summed E-state index contributed by atoms with van der Waals surface area (Å²) in [6.07, 6.45) is 1.35. The van der Waals surface area contributed by atoms with Crippen LogP contribution in [0.4, 0.5) is 10.2 Å². The Labute approximate surface area is 143 Å². The lowest BCUT2D eigenvalue weighted by molar-refractivity contribution is 0.101. The number of rotatable bonds is 5. The van der Waals surface area contributed by atoms with Crippen LogP contribution in [0.15, 0.2) is 54.7 Å². The van der Waals surface area contributed by atoms with Crippen molar-refractivity contribution in [1.29, 1.82) is 0 Å². The summed E-state index contributed by atoms with van der Waals surface area (Å²) >= 11 is 0. The van der Waals surface area contributed by atoms with Crippen molar-refractivity contribution in [3.8, 4) is 17.0 Å². The van der Waals surface area contributed by atoms with E-state index < -0.39 is 11.7 Å². The van der Waals surface area contributed by atoms with Gasteiger partial charge in [0.15, 0.2) is 17.3 Å². The molecule has 7 heteroatoms. The van der Waals surface area contributed by atoms with E-state index in [1.807, 2.05) is 31.2 Å². The van der Waals surface area contributed by atoms with Crippen LogP contribution < -0.4 is 10.1 Å². The van der Waals surface area contributed by atoms with Crippen LogP contribution in [0.3, 0.4) is 0 Å². The summed E-state index contributed by atoms with van der Waals surface area (Å²) in [5.41, 5.74) is 1.22. The van der Waals surface area contributed by atoms with E-state index in [2.05, 4.69) is 20.5 Å². The van der Waals surface area contributed by atoms with E-state index >= 15 is 0 Å². The molecule has 1 aromatic carbocycles. The molecule has 0 unspecified atom stereocenters. The number of nitrogens with one attached hydrogen (secondary N) is 1. The van der Waals surface area contributed by atoms with Gasteiger partial charge >= 0.3 is 0 Å². The van der Waals surface area contributed by atoms with Gasteiger partial charge in [0, 0.05) is 11.8 Å². The summed E-state index contributed by atoms with van der Waals surface area (Å²) in [7, 11) is 0. The molecule has 0 aliphatic rings. The van der Waals surface area contributed by atoms with E-state index in [1.165, 1.54) is 18.3 Å². The van der Waals surface area contributed by atoms with Crippen molar-refractivity contribution in [2.45, 2.75) is 6.92 Å². The molecule has 2 heterocycles. The van der Waals surface area contributed by atoms with Gasteiger partial charge < -0.3 is 10.1 Å². The predicted octanol–water partition coefficient (Wildman–Crippen LogP) is 3.33. The molecule has 3 rings (SSSR count). The molecule has 126 valence electrons. The number of aromatic nitrogens is 3. The Morgan fingerprint density at radius 1 is 1.12 bits per heavy atom. The summed E-state index contributed by atoms with van der Waals surface area (Å²) < 4.78 is 18.9. The quantitative estimate of drug-likeness (QED) is 0.772. The van der Waals surface area contributed by atoms with Crippen molar-refractivity contribution in [1.82, 2.24) is 15.2 Å². The van der Waals surface area contributed by atoms with Crippen LogP contribution in [0, 0.1) is 5.82 Å². The van der Waals surface area contributed by atoms with E-state index in [9.17, 15) is 9.18 Å². The van der Waals surface area contributed by atoms with Gasteiger partial charge in [0.1, 0.15) is 5.75 Å². The zero-order chi connectivity index (χ0) is 17.6. The average Bonchev–Trinajstić information content (AvgIpc) is 2.64. The van der Waals surface area contributed by atoms with Gasteiger partial charge in [-0.1, -0.05) is 0 Å². The Kier molecular flexibility index (Phi) is 4.94. The molecular weight excluding hydrogens is 323 g/mol. The fourth-order valence-electron chi connectivity index (χ4n) is 2.17. The third-order valence-electron chi connectivity index (χ3n) is 3.34. The highest BCUT2D eigenvalue weighted by Crippen LogP contribution is 2.21. The van der Waals surface area contributed by atoms with Gasteiger partial charge in [-0.2, -0.15) is 0 Å². The Balaban J connectivity index is 1.72. The molecule has 25 heavy (non-hydrogen) atoms. The van der Waals surface area contributed by atoms with Gasteiger partial charge in [-0.3, -0.25) is 4.79 Å². The molecule has 2 aromatic heterocycles. The van der Waals surface area contributed by atoms with Crippen LogP contribution in [0.1, 0.15) is 17.4 Å². The van der Waals surface area contributed by atoms with E-state index in [0.717, 1.165) is 11.3 Å². The highest BCUT2D eigenvalue weighted by molar-refractivity contribution is 6.02. The predicted molar refractivity (Wildman–Crippen MR) is 90.8 cm³/mol. The van der Waals surface area contributed by atoms with E-state index in [0.29, 0.717) is 12.3 Å². The average molecular weight is 338 g/mol. The maximum Gasteiger partial charge on any atom is 0.278 e. The number of carbonyl (C=O) groups is 1. The molecule has 0 aliphatic carbocycles. The smallest absolute Gasteiger partial charge is 0.278 e. The summed E-state index contributed by atoms with van der Waals surface area (Å²) in [6, 6.07) is 13.3. The summed E-state index contributed by atoms with van der Waals surface area (Å²) in [5, 5.41) is 10.5. The number of hydrogen-bond acceptors (Lipinski definition) is 5. The Hall–Kier alpha value is -3.35. The molecule has 0 saturated carbocycles. The third-order valence-corrected chi connectivity index (χ3v) is 3.34. The standard InChI is InChI=1S/C18H15FN4O2/c1-2-25-13-7-5-12(6-8-13)15-9-10-16(23-22-15)21-18(24)17-14(19)4-3-11-20-17/h3-11H,2H2,1H3,(H,21,23,24). The Bertz CT molecular complexity index is 867. The molecule has 1 amide bonds. The first kappa shape index (κ1) is 16.5. The number of halogens is 1. The number of benzene rings is 1. The molecule has 0 spiro atoms. The van der Waals surface area contributed by atoms with Crippen molar-refractivity contribution < 1.29 is 13.9 Å². The topological polar surface area (TPSA) is 77.0 Å². The number of anilines is 1. The maximum atomic E-state index is 13.5. The van der Waals surface area contributed by atoms with Gasteiger partial charge in [0.2, 0.25) is 0 Å². The normalized spacial score (nSPS) is 10.3. The van der Waals surface area contributed by atoms with Crippen molar-refractivity contribution in [2.24, 2.45) is 0 Å². The number of hydrogen-bond donors (Lipinski definition) is 1. The van der Waals surface area contributed by atoms with Crippen LogP contribution in [0.25, 0.3) is 11.3 Å². The van der Waals surface area contributed by atoms with Crippen molar-refractivity contribution in [3.05, 3.63) is 66.2 Å². The Morgan fingerprint density at radius 3 is 2.56 bits per heavy atom. The summed E-state index contributed by atoms with van der Waals surface area (Å²) in [4.78, 5) is 15.7. The van der Waals surface area contributed by atoms with Crippen LogP contribution in [-0.2, 0) is 0 Å². The highest BCUT2D eigenvalue weighted by Gasteiger charge is 2.13. The molecule has 0 atom stereocenters. The molecule has 0 radical (unpaired) electrons. The fraction of sp³-hybridized carbons (Fsp3) is 0.111. The lowest BCUT2D eigenvalue weighted by atomic mass is 10.1. The number of pyridine rings is 1. The summed E-state index contributed by atoms with van der Waals surface area (Å²) in [5.74, 6) is -0.384. The first-order valence-corrected chi connectivity index (χ1v) is 7.66. The lowest BCUT2D eigenvalue weighted by Gasteiger charge is -2.06. The Morgan fingerprint density at radius 2 is 1.92 bits per heavy atom. The molecular formula is C18H15FN4O2. The number of amides is 1. The fourth-order valence-corrected chi connectivity index (χ4v) is 2.17. The first-order valence-electron chi connectivity index (χ1n) is 7.66. The molecule has 6 nitrogen and oxygen atoms in total. The lowest BCUT2D eigenvalue weighted by Crippen LogP contribution is -2.16. The monoisotopic (exact) mass is 338 g/mol. The van der Waals surface area contributed by atoms with Crippen LogP contribution in [0.2, 0.25) is 0 Å². The maximum absolute atomic E-state index is 13.5. The molecule has 0 aliphatic heterocycles. The van der Waals surface area contributed by atoms with E-state index in [-0.39, 0.29) is 11.5 Å². The highest BCUT2D eigenvalue weighted by atomic mass is 19.1. The molecule has 0 fully saturated rings. The second-order valence-electron chi connectivity index (χ2n) is 5.05. The van der Waals surface area contributed by atoms with Crippen molar-refractivity contribution >= 4 is 11.7 Å². The number of ether oxygens (including phenoxy) is 1. The SMILES string of the molecule is CCOc1ccc(-c2ccc(NC(=O)c3ncccc3F)nn2)cc1. The second-order valence-corrected chi connectivity index (χ2v) is 5.05. The zero-order valence-corrected chi connectivity index (χ0v) is 13.4. The number of nitrogens with zero attached hydrogens (tertiary/aromatic N) is 3. The molecule has 0 bridgehead atoms.